The molecule has 308 valence electrons. The molecule has 4 aromatic rings. The number of hydrogen-bond acceptors (Lipinski definition) is 8. The van der Waals surface area contributed by atoms with Gasteiger partial charge in [-0.25, -0.2) is 0 Å². The minimum absolute atomic E-state index is 0.0610. The highest BCUT2D eigenvalue weighted by Crippen LogP contribution is 2.60. The number of nitrogens with zero attached hydrogens (tertiary/aromatic N) is 4. The maximum absolute atomic E-state index is 15.0. The first-order valence-corrected chi connectivity index (χ1v) is 24.1. The number of amides is 3. The smallest absolute Gasteiger partial charge is 0.264 e. The van der Waals surface area contributed by atoms with Crippen LogP contribution in [0.3, 0.4) is 0 Å². The number of fused-ring (bicyclic) bond motifs is 3. The second kappa shape index (κ2) is 14.9. The van der Waals surface area contributed by atoms with Crippen LogP contribution in [0.4, 0.5) is 17.1 Å². The number of carbonyl (C=O) groups excluding carboxylic acids is 3. The number of rotatable bonds is 8. The zero-order valence-electron chi connectivity index (χ0n) is 34.7. The minimum Gasteiger partial charge on any atom is -0.497 e. The molecule has 5 aliphatic heterocycles. The first-order chi connectivity index (χ1) is 28.4. The lowest BCUT2D eigenvalue weighted by Gasteiger charge is -2.39. The normalized spacial score (nSPS) is 26.2. The van der Waals surface area contributed by atoms with E-state index >= 15 is 4.79 Å². The van der Waals surface area contributed by atoms with Gasteiger partial charge in [-0.05, 0) is 91.5 Å². The monoisotopic (exact) mass is 813 g/mol. The summed E-state index contributed by atoms with van der Waals surface area (Å²) < 4.78 is 12.8. The molecule has 0 unspecified atom stereocenters. The van der Waals surface area contributed by atoms with Crippen molar-refractivity contribution >= 4 is 48.0 Å². The Labute approximate surface area is 347 Å². The van der Waals surface area contributed by atoms with Gasteiger partial charge in [-0.3, -0.25) is 19.3 Å². The molecular formula is C47H55N5O6Si. The molecule has 0 saturated carbocycles. The summed E-state index contributed by atoms with van der Waals surface area (Å²) in [5.74, 6) is 0.245. The van der Waals surface area contributed by atoms with Gasteiger partial charge in [0, 0.05) is 36.4 Å². The van der Waals surface area contributed by atoms with Crippen molar-refractivity contribution in [2.45, 2.75) is 81.1 Å². The largest absolute Gasteiger partial charge is 0.497 e. The predicted octanol–water partition coefficient (Wildman–Crippen LogP) is 5.16. The Balaban J connectivity index is 1.12. The summed E-state index contributed by atoms with van der Waals surface area (Å²) in [5, 5.41) is 15.2. The van der Waals surface area contributed by atoms with E-state index in [0.29, 0.717) is 32.5 Å². The number of hydrogen-bond donors (Lipinski definition) is 2. The van der Waals surface area contributed by atoms with Crippen molar-refractivity contribution in [2.75, 3.05) is 55.2 Å². The van der Waals surface area contributed by atoms with Gasteiger partial charge in [0.1, 0.15) is 11.3 Å². The summed E-state index contributed by atoms with van der Waals surface area (Å²) in [7, 11) is 0.906. The summed E-state index contributed by atoms with van der Waals surface area (Å²) in [6, 6.07) is 32.0. The number of carbonyl (C=O) groups is 3. The molecule has 0 aliphatic carbocycles. The molecule has 3 saturated heterocycles. The first kappa shape index (κ1) is 39.4. The number of nitrogens with one attached hydrogen (secondary N) is 1. The van der Waals surface area contributed by atoms with E-state index in [0.717, 1.165) is 52.6 Å². The van der Waals surface area contributed by atoms with Crippen LogP contribution in [-0.4, -0.2) is 94.0 Å². The third kappa shape index (κ3) is 6.12. The van der Waals surface area contributed by atoms with Crippen LogP contribution >= 0.6 is 0 Å². The third-order valence-electron chi connectivity index (χ3n) is 14.5. The zero-order valence-corrected chi connectivity index (χ0v) is 35.7. The summed E-state index contributed by atoms with van der Waals surface area (Å²) in [5.41, 5.74) is 3.22. The summed E-state index contributed by atoms with van der Waals surface area (Å²) in [6.07, 6.45) is 1.44. The molecule has 2 spiro atoms. The van der Waals surface area contributed by atoms with Gasteiger partial charge in [-0.1, -0.05) is 79.8 Å². The molecule has 59 heavy (non-hydrogen) atoms. The van der Waals surface area contributed by atoms with Crippen molar-refractivity contribution < 1.29 is 29.0 Å². The molecule has 5 atom stereocenters. The van der Waals surface area contributed by atoms with Crippen molar-refractivity contribution in [1.29, 1.82) is 0 Å². The molecule has 4 aromatic carbocycles. The van der Waals surface area contributed by atoms with Crippen LogP contribution in [0.1, 0.15) is 42.9 Å². The molecule has 5 heterocycles. The number of ether oxygens (including phenoxy) is 2. The third-order valence-corrected chi connectivity index (χ3v) is 18.8. The van der Waals surface area contributed by atoms with E-state index in [1.165, 1.54) is 5.19 Å². The molecule has 0 aromatic heterocycles. The highest BCUT2D eigenvalue weighted by Gasteiger charge is 2.66. The van der Waals surface area contributed by atoms with E-state index in [2.05, 4.69) is 60.6 Å². The van der Waals surface area contributed by atoms with Crippen LogP contribution in [0.2, 0.25) is 18.6 Å². The number of anilines is 3. The van der Waals surface area contributed by atoms with Gasteiger partial charge in [0.25, 0.3) is 11.8 Å². The number of aliphatic hydroxyl groups excluding tert-OH is 1. The predicted molar refractivity (Wildman–Crippen MR) is 232 cm³/mol. The van der Waals surface area contributed by atoms with E-state index in [-0.39, 0.29) is 48.3 Å². The number of methoxy groups -OCH3 is 1. The number of para-hydroxylation sites is 1. The van der Waals surface area contributed by atoms with Gasteiger partial charge in [0.05, 0.1) is 52.7 Å². The van der Waals surface area contributed by atoms with Crippen LogP contribution in [0.15, 0.2) is 97.1 Å². The highest BCUT2D eigenvalue weighted by atomic mass is 28.3. The van der Waals surface area contributed by atoms with E-state index < -0.39 is 25.3 Å². The van der Waals surface area contributed by atoms with Gasteiger partial charge < -0.3 is 34.6 Å². The van der Waals surface area contributed by atoms with Gasteiger partial charge in [0.2, 0.25) is 5.91 Å². The molecule has 12 heteroatoms. The van der Waals surface area contributed by atoms with Crippen molar-refractivity contribution in [3.05, 3.63) is 114 Å². The minimum atomic E-state index is -2.55. The number of benzene rings is 4. The van der Waals surface area contributed by atoms with Gasteiger partial charge in [0.15, 0.2) is 5.60 Å². The van der Waals surface area contributed by atoms with Gasteiger partial charge in [-0.15, -0.1) is 0 Å². The fraction of sp³-hybridized carbons (Fsp3) is 0.426. The Hall–Kier alpha value is -5.01. The number of aliphatic hydroxyl groups is 1. The quantitative estimate of drug-likeness (QED) is 0.235. The van der Waals surface area contributed by atoms with Crippen molar-refractivity contribution in [1.82, 2.24) is 10.2 Å². The van der Waals surface area contributed by atoms with E-state index in [9.17, 15) is 14.7 Å². The standard InChI is InChI=1S/C47H55N5O6Si/c1-31-43(59(4,5)38-18-16-37(57-3)17-19-38)41(27-42(54)50-28-33-12-10-9-11-32(33)25-36(50)29-53)58-47(31)39-26-35(15-20-40(39)49(2)45(47)56)51-30-52(34-13-7-6-8-14-34)46(44(51)55)21-23-48-24-22-46/h6-20,26,31,36,41,43,48,53H,21-25,27-30H2,1-5H3/t31-,36-,41+,43-,47+/m0/s1. The average Bonchev–Trinajstić information content (AvgIpc) is 3.80. The fourth-order valence-electron chi connectivity index (χ4n) is 11.3. The fourth-order valence-corrected chi connectivity index (χ4v) is 15.3. The Morgan fingerprint density at radius 1 is 0.915 bits per heavy atom. The Morgan fingerprint density at radius 2 is 1.61 bits per heavy atom. The van der Waals surface area contributed by atoms with Crippen molar-refractivity contribution in [3.63, 3.8) is 0 Å². The second-order valence-corrected chi connectivity index (χ2v) is 22.4. The lowest BCUT2D eigenvalue weighted by molar-refractivity contribution is -0.150. The van der Waals surface area contributed by atoms with Crippen LogP contribution < -0.4 is 29.9 Å². The SMILES string of the molecule is COc1ccc([Si](C)(C)[C@@H]2[C@@H](CC(=O)N3Cc4ccccc4C[C@H]3CO)O[C@]3(C(=O)N(C)c4ccc(N5CN(c6ccccc6)C6(CCNCC6)C5=O)cc43)[C@H]2C)cc1. The maximum Gasteiger partial charge on any atom is 0.264 e. The average molecular weight is 814 g/mol. The van der Waals surface area contributed by atoms with Crippen LogP contribution in [-0.2, 0) is 37.7 Å². The van der Waals surface area contributed by atoms with E-state index in [4.69, 9.17) is 9.47 Å². The maximum atomic E-state index is 15.0. The molecule has 5 aliphatic rings. The number of piperidine rings is 1. The van der Waals surface area contributed by atoms with E-state index in [1.54, 1.807) is 19.1 Å². The Bertz CT molecular complexity index is 2260. The second-order valence-electron chi connectivity index (χ2n) is 17.7. The first-order valence-electron chi connectivity index (χ1n) is 21.0. The molecule has 9 rings (SSSR count). The molecule has 3 amide bonds. The zero-order chi connectivity index (χ0) is 41.3. The molecule has 2 N–H and O–H groups in total. The Morgan fingerprint density at radius 3 is 2.31 bits per heavy atom. The molecule has 0 radical (unpaired) electrons. The van der Waals surface area contributed by atoms with Crippen LogP contribution in [0, 0.1) is 5.92 Å². The summed E-state index contributed by atoms with van der Waals surface area (Å²) in [6.45, 7) is 8.89. The van der Waals surface area contributed by atoms with Crippen LogP contribution in [0.25, 0.3) is 0 Å². The molecule has 0 bridgehead atoms. The molecular weight excluding hydrogens is 759 g/mol. The van der Waals surface area contributed by atoms with E-state index in [1.807, 2.05) is 76.5 Å². The molecule has 3 fully saturated rings. The van der Waals surface area contributed by atoms with Gasteiger partial charge >= 0.3 is 0 Å². The van der Waals surface area contributed by atoms with Gasteiger partial charge in [-0.2, -0.15) is 0 Å². The van der Waals surface area contributed by atoms with Crippen molar-refractivity contribution in [2.24, 2.45) is 5.92 Å². The van der Waals surface area contributed by atoms with Crippen LogP contribution in [0.5, 0.6) is 5.75 Å². The highest BCUT2D eigenvalue weighted by molar-refractivity contribution is 6.91. The lowest BCUT2D eigenvalue weighted by atomic mass is 9.82. The summed E-state index contributed by atoms with van der Waals surface area (Å²) >= 11 is 0. The lowest BCUT2D eigenvalue weighted by Crippen LogP contribution is -2.55. The van der Waals surface area contributed by atoms with Crippen molar-refractivity contribution in [3.8, 4) is 5.75 Å². The topological polar surface area (TPSA) is 115 Å². The molecule has 11 nitrogen and oxygen atoms in total. The number of likely N-dealkylation sites (N-methyl/N-ethyl adjacent to an activating group) is 1. The Kier molecular flexibility index (Phi) is 9.97. The summed E-state index contributed by atoms with van der Waals surface area (Å²) in [4.78, 5) is 52.1.